The Morgan fingerprint density at radius 3 is 2.76 bits per heavy atom. The number of anilines is 1. The van der Waals surface area contributed by atoms with Crippen molar-refractivity contribution in [1.82, 2.24) is 10.6 Å². The van der Waals surface area contributed by atoms with Gasteiger partial charge in [0.05, 0.1) is 19.8 Å². The minimum Gasteiger partial charge on any atom is -0.378 e. The molecule has 0 radical (unpaired) electrons. The molecule has 6 heteroatoms. The first kappa shape index (κ1) is 18.3. The predicted molar refractivity (Wildman–Crippen MR) is 107 cm³/mol. The van der Waals surface area contributed by atoms with Crippen molar-refractivity contribution in [1.29, 1.82) is 0 Å². The van der Waals surface area contributed by atoms with Gasteiger partial charge in [-0.3, -0.25) is 0 Å². The van der Waals surface area contributed by atoms with Crippen LogP contribution >= 0.6 is 15.9 Å². The number of ether oxygens (including phenoxy) is 1. The monoisotopic (exact) mass is 406 g/mol. The van der Waals surface area contributed by atoms with Crippen molar-refractivity contribution in [3.8, 4) is 0 Å². The molecule has 2 N–H and O–H groups in total. The first-order valence-corrected chi connectivity index (χ1v) is 9.86. The third-order valence-corrected chi connectivity index (χ3v) is 4.99. The maximum Gasteiger partial charge on any atom is 0.191 e. The van der Waals surface area contributed by atoms with E-state index in [2.05, 4.69) is 68.7 Å². The first-order valence-electron chi connectivity index (χ1n) is 9.07. The average Bonchev–Trinajstić information content (AvgIpc) is 3.14. The summed E-state index contributed by atoms with van der Waals surface area (Å²) in [6.07, 6.45) is 6.60. The summed E-state index contributed by atoms with van der Waals surface area (Å²) < 4.78 is 6.59. The van der Waals surface area contributed by atoms with Gasteiger partial charge in [0.2, 0.25) is 0 Å². The first-order chi connectivity index (χ1) is 12.3. The van der Waals surface area contributed by atoms with Crippen LogP contribution in [0.3, 0.4) is 0 Å². The molecule has 1 aliphatic heterocycles. The van der Waals surface area contributed by atoms with Crippen LogP contribution in [0.2, 0.25) is 0 Å². The van der Waals surface area contributed by atoms with Crippen LogP contribution in [0.5, 0.6) is 0 Å². The minimum atomic E-state index is 0.460. The highest BCUT2D eigenvalue weighted by Crippen LogP contribution is 2.26. The zero-order valence-corrected chi connectivity index (χ0v) is 16.4. The molecule has 0 bridgehead atoms. The van der Waals surface area contributed by atoms with Crippen LogP contribution in [0.25, 0.3) is 0 Å². The molecular formula is C19H27BrN4O. The molecule has 0 atom stereocenters. The van der Waals surface area contributed by atoms with Gasteiger partial charge < -0.3 is 20.3 Å². The molecule has 3 rings (SSSR count). The lowest BCUT2D eigenvalue weighted by Crippen LogP contribution is -2.42. The molecule has 2 aliphatic rings. The van der Waals surface area contributed by atoms with Gasteiger partial charge in [-0.2, -0.15) is 0 Å². The second kappa shape index (κ2) is 9.25. The van der Waals surface area contributed by atoms with Crippen LogP contribution in [0.15, 0.2) is 39.8 Å². The molecule has 1 saturated heterocycles. The summed E-state index contributed by atoms with van der Waals surface area (Å²) in [5.74, 6) is 0.895. The van der Waals surface area contributed by atoms with E-state index in [9.17, 15) is 0 Å². The number of hydrogen-bond acceptors (Lipinski definition) is 3. The van der Waals surface area contributed by atoms with Crippen LogP contribution in [0, 0.1) is 0 Å². The van der Waals surface area contributed by atoms with Crippen molar-refractivity contribution < 1.29 is 4.74 Å². The summed E-state index contributed by atoms with van der Waals surface area (Å²) in [6, 6.07) is 6.91. The Hall–Kier alpha value is -1.53. The SMILES string of the molecule is CCNC(=NCc1ccc(Br)cc1N1CCOCC1)NC1CC=CC1. The van der Waals surface area contributed by atoms with Gasteiger partial charge in [-0.25, -0.2) is 4.99 Å². The van der Waals surface area contributed by atoms with E-state index in [1.165, 1.54) is 11.3 Å². The molecule has 5 nitrogen and oxygen atoms in total. The number of guanidine groups is 1. The molecular weight excluding hydrogens is 380 g/mol. The number of rotatable bonds is 5. The lowest BCUT2D eigenvalue weighted by atomic mass is 10.1. The third kappa shape index (κ3) is 5.22. The van der Waals surface area contributed by atoms with E-state index in [1.54, 1.807) is 0 Å². The summed E-state index contributed by atoms with van der Waals surface area (Å²) >= 11 is 3.60. The fraction of sp³-hybridized carbons (Fsp3) is 0.526. The number of halogens is 1. The minimum absolute atomic E-state index is 0.460. The molecule has 25 heavy (non-hydrogen) atoms. The molecule has 1 aromatic carbocycles. The lowest BCUT2D eigenvalue weighted by Gasteiger charge is -2.30. The zero-order valence-electron chi connectivity index (χ0n) is 14.8. The smallest absolute Gasteiger partial charge is 0.191 e. The summed E-state index contributed by atoms with van der Waals surface area (Å²) in [7, 11) is 0. The Bertz CT molecular complexity index is 618. The van der Waals surface area contributed by atoms with Crippen molar-refractivity contribution >= 4 is 27.6 Å². The normalized spacial score (nSPS) is 18.6. The Morgan fingerprint density at radius 2 is 2.04 bits per heavy atom. The fourth-order valence-corrected chi connectivity index (χ4v) is 3.53. The van der Waals surface area contributed by atoms with Gasteiger partial charge in [-0.1, -0.05) is 34.1 Å². The predicted octanol–water partition coefficient (Wildman–Crippen LogP) is 3.06. The Kier molecular flexibility index (Phi) is 6.76. The number of aliphatic imine (C=N–C) groups is 1. The molecule has 0 spiro atoms. The van der Waals surface area contributed by atoms with Crippen molar-refractivity contribution in [2.75, 3.05) is 37.7 Å². The summed E-state index contributed by atoms with van der Waals surface area (Å²) in [6.45, 7) is 7.06. The average molecular weight is 407 g/mol. The van der Waals surface area contributed by atoms with Crippen molar-refractivity contribution in [2.45, 2.75) is 32.4 Å². The molecule has 1 aliphatic carbocycles. The van der Waals surface area contributed by atoms with Crippen molar-refractivity contribution in [2.24, 2.45) is 4.99 Å². The van der Waals surface area contributed by atoms with E-state index in [0.29, 0.717) is 12.6 Å². The van der Waals surface area contributed by atoms with Gasteiger partial charge in [-0.15, -0.1) is 0 Å². The largest absolute Gasteiger partial charge is 0.378 e. The fourth-order valence-electron chi connectivity index (χ4n) is 3.18. The van der Waals surface area contributed by atoms with E-state index in [1.807, 2.05) is 0 Å². The number of nitrogens with one attached hydrogen (secondary N) is 2. The maximum atomic E-state index is 5.49. The van der Waals surface area contributed by atoms with Gasteiger partial charge in [-0.05, 0) is 37.5 Å². The van der Waals surface area contributed by atoms with Crippen molar-refractivity contribution in [3.63, 3.8) is 0 Å². The molecule has 0 amide bonds. The number of benzene rings is 1. The summed E-state index contributed by atoms with van der Waals surface area (Å²) in [5.41, 5.74) is 2.49. The topological polar surface area (TPSA) is 48.9 Å². The van der Waals surface area contributed by atoms with E-state index in [0.717, 1.165) is 56.1 Å². The number of morpholine rings is 1. The highest BCUT2D eigenvalue weighted by atomic mass is 79.9. The van der Waals surface area contributed by atoms with E-state index >= 15 is 0 Å². The van der Waals surface area contributed by atoms with Gasteiger partial charge >= 0.3 is 0 Å². The zero-order chi connectivity index (χ0) is 17.5. The molecule has 0 aromatic heterocycles. The van der Waals surface area contributed by atoms with Gasteiger partial charge in [0.1, 0.15) is 0 Å². The summed E-state index contributed by atoms with van der Waals surface area (Å²) in [4.78, 5) is 7.22. The van der Waals surface area contributed by atoms with Crippen LogP contribution < -0.4 is 15.5 Å². The van der Waals surface area contributed by atoms with Crippen LogP contribution in [-0.4, -0.2) is 44.8 Å². The summed E-state index contributed by atoms with van der Waals surface area (Å²) in [5, 5.41) is 6.89. The third-order valence-electron chi connectivity index (χ3n) is 4.50. The Balaban J connectivity index is 1.73. The van der Waals surface area contributed by atoms with E-state index < -0.39 is 0 Å². The van der Waals surface area contributed by atoms with Gasteiger partial charge in [0.15, 0.2) is 5.96 Å². The Morgan fingerprint density at radius 1 is 1.28 bits per heavy atom. The standard InChI is InChI=1S/C19H27BrN4O/c1-2-21-19(23-17-5-3-4-6-17)22-14-15-7-8-16(20)13-18(15)24-9-11-25-12-10-24/h3-4,7-8,13,17H,2,5-6,9-12,14H2,1H3,(H2,21,22,23). The lowest BCUT2D eigenvalue weighted by molar-refractivity contribution is 0.122. The van der Waals surface area contributed by atoms with E-state index in [-0.39, 0.29) is 0 Å². The molecule has 1 fully saturated rings. The molecule has 0 saturated carbocycles. The second-order valence-electron chi connectivity index (χ2n) is 6.35. The van der Waals surface area contributed by atoms with Crippen LogP contribution in [-0.2, 0) is 11.3 Å². The van der Waals surface area contributed by atoms with Crippen LogP contribution in [0.4, 0.5) is 5.69 Å². The molecule has 1 aromatic rings. The molecule has 0 unspecified atom stereocenters. The van der Waals surface area contributed by atoms with Gasteiger partial charge in [0.25, 0.3) is 0 Å². The number of hydrogen-bond donors (Lipinski definition) is 2. The van der Waals surface area contributed by atoms with Crippen molar-refractivity contribution in [3.05, 3.63) is 40.4 Å². The highest BCUT2D eigenvalue weighted by molar-refractivity contribution is 9.10. The maximum absolute atomic E-state index is 5.49. The Labute approximate surface area is 158 Å². The molecule has 1 heterocycles. The second-order valence-corrected chi connectivity index (χ2v) is 7.27. The quantitative estimate of drug-likeness (QED) is 0.448. The highest BCUT2D eigenvalue weighted by Gasteiger charge is 2.16. The van der Waals surface area contributed by atoms with E-state index in [4.69, 9.17) is 9.73 Å². The number of nitrogens with zero attached hydrogens (tertiary/aromatic N) is 2. The van der Waals surface area contributed by atoms with Gasteiger partial charge in [0, 0.05) is 35.8 Å². The molecule has 136 valence electrons. The van der Waals surface area contributed by atoms with Crippen LogP contribution in [0.1, 0.15) is 25.3 Å².